The summed E-state index contributed by atoms with van der Waals surface area (Å²) < 4.78 is 26.1. The summed E-state index contributed by atoms with van der Waals surface area (Å²) in [6.45, 7) is 0. The molecule has 0 saturated carbocycles. The van der Waals surface area contributed by atoms with Crippen LogP contribution in [0.25, 0.3) is 10.9 Å². The molecular weight excluding hydrogens is 262 g/mol. The van der Waals surface area contributed by atoms with Gasteiger partial charge in [-0.05, 0) is 35.7 Å². The Morgan fingerprint density at radius 1 is 1.00 bits per heavy atom. The third-order valence-electron chi connectivity index (χ3n) is 2.94. The van der Waals surface area contributed by atoms with E-state index in [1.807, 2.05) is 6.07 Å². The molecule has 1 amide bonds. The zero-order valence-electron chi connectivity index (χ0n) is 10.3. The molecule has 3 rings (SSSR count). The van der Waals surface area contributed by atoms with Crippen molar-refractivity contribution >= 4 is 22.5 Å². The minimum Gasteiger partial charge on any atom is -0.361 e. The first-order valence-electron chi connectivity index (χ1n) is 5.96. The van der Waals surface area contributed by atoms with Crippen LogP contribution in [0, 0.1) is 11.6 Å². The number of halogens is 2. The average molecular weight is 272 g/mol. The number of H-pyrrole nitrogens is 1. The van der Waals surface area contributed by atoms with Crippen molar-refractivity contribution in [2.24, 2.45) is 0 Å². The van der Waals surface area contributed by atoms with Crippen LogP contribution in [0.5, 0.6) is 0 Å². The Bertz CT molecular complexity index is 775. The van der Waals surface area contributed by atoms with Gasteiger partial charge in [-0.1, -0.05) is 6.07 Å². The molecule has 2 N–H and O–H groups in total. The maximum Gasteiger partial charge on any atom is 0.255 e. The Morgan fingerprint density at radius 3 is 2.50 bits per heavy atom. The highest BCUT2D eigenvalue weighted by atomic mass is 19.1. The van der Waals surface area contributed by atoms with Crippen molar-refractivity contribution in [3.8, 4) is 0 Å². The van der Waals surface area contributed by atoms with Crippen LogP contribution in [0.2, 0.25) is 0 Å². The van der Waals surface area contributed by atoms with Gasteiger partial charge in [0.15, 0.2) is 0 Å². The van der Waals surface area contributed by atoms with Crippen molar-refractivity contribution < 1.29 is 13.6 Å². The van der Waals surface area contributed by atoms with E-state index in [2.05, 4.69) is 10.3 Å². The molecule has 20 heavy (non-hydrogen) atoms. The van der Waals surface area contributed by atoms with Crippen molar-refractivity contribution in [1.82, 2.24) is 4.98 Å². The molecule has 0 atom stereocenters. The predicted octanol–water partition coefficient (Wildman–Crippen LogP) is 3.70. The number of aromatic amines is 1. The number of carbonyl (C=O) groups excluding carboxylic acids is 1. The summed E-state index contributed by atoms with van der Waals surface area (Å²) in [5.41, 5.74) is 1.31. The molecule has 1 heterocycles. The fourth-order valence-electron chi connectivity index (χ4n) is 2.02. The SMILES string of the molecule is O=C(Nc1cc(F)cc(F)c1)c1ccc2cc[nH]c2c1. The molecule has 0 bridgehead atoms. The van der Waals surface area contributed by atoms with Crippen LogP contribution < -0.4 is 5.32 Å². The lowest BCUT2D eigenvalue weighted by molar-refractivity contribution is 0.102. The van der Waals surface area contributed by atoms with Gasteiger partial charge >= 0.3 is 0 Å². The minimum absolute atomic E-state index is 0.0825. The second-order valence-corrected chi connectivity index (χ2v) is 4.39. The molecule has 0 unspecified atom stereocenters. The lowest BCUT2D eigenvalue weighted by atomic mass is 10.1. The first-order valence-corrected chi connectivity index (χ1v) is 5.96. The lowest BCUT2D eigenvalue weighted by Crippen LogP contribution is -2.12. The molecule has 3 nitrogen and oxygen atoms in total. The third-order valence-corrected chi connectivity index (χ3v) is 2.94. The molecule has 0 aliphatic carbocycles. The first-order chi connectivity index (χ1) is 9.61. The van der Waals surface area contributed by atoms with Crippen LogP contribution in [-0.2, 0) is 0 Å². The highest BCUT2D eigenvalue weighted by molar-refractivity contribution is 6.06. The highest BCUT2D eigenvalue weighted by Crippen LogP contribution is 2.17. The third kappa shape index (κ3) is 2.38. The summed E-state index contributed by atoms with van der Waals surface area (Å²) >= 11 is 0. The number of fused-ring (bicyclic) bond motifs is 1. The molecule has 2 aromatic carbocycles. The molecular formula is C15H10F2N2O. The molecule has 0 aliphatic rings. The molecule has 100 valence electrons. The number of amides is 1. The molecule has 5 heteroatoms. The Morgan fingerprint density at radius 2 is 1.75 bits per heavy atom. The van der Waals surface area contributed by atoms with E-state index < -0.39 is 17.5 Å². The van der Waals surface area contributed by atoms with Crippen molar-refractivity contribution in [2.75, 3.05) is 5.32 Å². The van der Waals surface area contributed by atoms with Gasteiger partial charge in [-0.3, -0.25) is 4.79 Å². The van der Waals surface area contributed by atoms with Crippen LogP contribution in [0.1, 0.15) is 10.4 Å². The van der Waals surface area contributed by atoms with Gasteiger partial charge in [-0.2, -0.15) is 0 Å². The van der Waals surface area contributed by atoms with Gasteiger partial charge in [0.05, 0.1) is 0 Å². The number of hydrogen-bond donors (Lipinski definition) is 2. The van der Waals surface area contributed by atoms with E-state index in [0.717, 1.165) is 29.1 Å². The monoisotopic (exact) mass is 272 g/mol. The Kier molecular flexibility index (Phi) is 2.95. The largest absolute Gasteiger partial charge is 0.361 e. The van der Waals surface area contributed by atoms with Crippen LogP contribution in [0.15, 0.2) is 48.7 Å². The molecule has 0 aliphatic heterocycles. The number of nitrogens with one attached hydrogen (secondary N) is 2. The summed E-state index contributed by atoms with van der Waals surface area (Å²) in [4.78, 5) is 15.0. The van der Waals surface area contributed by atoms with Crippen LogP contribution >= 0.6 is 0 Å². The van der Waals surface area contributed by atoms with Crippen molar-refractivity contribution in [3.63, 3.8) is 0 Å². The van der Waals surface area contributed by atoms with E-state index >= 15 is 0 Å². The summed E-state index contributed by atoms with van der Waals surface area (Å²) in [5.74, 6) is -1.90. The maximum atomic E-state index is 13.1. The topological polar surface area (TPSA) is 44.9 Å². The quantitative estimate of drug-likeness (QED) is 0.734. The highest BCUT2D eigenvalue weighted by Gasteiger charge is 2.09. The van der Waals surface area contributed by atoms with Gasteiger partial charge in [-0.15, -0.1) is 0 Å². The van der Waals surface area contributed by atoms with Crippen LogP contribution in [-0.4, -0.2) is 10.9 Å². The summed E-state index contributed by atoms with van der Waals surface area (Å²) in [5, 5.41) is 3.45. The fraction of sp³-hybridized carbons (Fsp3) is 0. The lowest BCUT2D eigenvalue weighted by Gasteiger charge is -2.06. The standard InChI is InChI=1S/C15H10F2N2O/c16-11-6-12(17)8-13(7-11)19-15(20)10-2-1-9-3-4-18-14(9)5-10/h1-8,18H,(H,19,20). The van der Waals surface area contributed by atoms with Crippen molar-refractivity contribution in [1.29, 1.82) is 0 Å². The van der Waals surface area contributed by atoms with Gasteiger partial charge in [0.2, 0.25) is 0 Å². The summed E-state index contributed by atoms with van der Waals surface area (Å²) in [7, 11) is 0. The maximum absolute atomic E-state index is 13.1. The van der Waals surface area contributed by atoms with E-state index in [1.54, 1.807) is 24.4 Å². The molecule has 0 saturated heterocycles. The smallest absolute Gasteiger partial charge is 0.255 e. The number of rotatable bonds is 2. The number of carbonyl (C=O) groups is 1. The van der Waals surface area contributed by atoms with Crippen molar-refractivity contribution in [3.05, 3.63) is 65.9 Å². The fourth-order valence-corrected chi connectivity index (χ4v) is 2.02. The van der Waals surface area contributed by atoms with Gasteiger partial charge in [0.25, 0.3) is 5.91 Å². The number of hydrogen-bond acceptors (Lipinski definition) is 1. The van der Waals surface area contributed by atoms with Crippen LogP contribution in [0.3, 0.4) is 0 Å². The van der Waals surface area contributed by atoms with Crippen molar-refractivity contribution in [2.45, 2.75) is 0 Å². The predicted molar refractivity (Wildman–Crippen MR) is 72.6 cm³/mol. The van der Waals surface area contributed by atoms with Crippen LogP contribution in [0.4, 0.5) is 14.5 Å². The van der Waals surface area contributed by atoms with Gasteiger partial charge in [0.1, 0.15) is 11.6 Å². The van der Waals surface area contributed by atoms with E-state index in [1.165, 1.54) is 0 Å². The Hall–Kier alpha value is -2.69. The molecule has 1 aromatic heterocycles. The molecule has 0 radical (unpaired) electrons. The van der Waals surface area contributed by atoms with Gasteiger partial charge in [0, 0.05) is 29.0 Å². The van der Waals surface area contributed by atoms with Gasteiger partial charge < -0.3 is 10.3 Å². The summed E-state index contributed by atoms with van der Waals surface area (Å²) in [6, 6.07) is 9.90. The minimum atomic E-state index is -0.736. The van der Waals surface area contributed by atoms with E-state index in [9.17, 15) is 13.6 Å². The second kappa shape index (κ2) is 4.77. The molecule has 0 spiro atoms. The van der Waals surface area contributed by atoms with E-state index in [4.69, 9.17) is 0 Å². The molecule has 3 aromatic rings. The Labute approximate surface area is 113 Å². The first kappa shape index (κ1) is 12.3. The molecule has 0 fully saturated rings. The number of benzene rings is 2. The van der Waals surface area contributed by atoms with Gasteiger partial charge in [-0.25, -0.2) is 8.78 Å². The average Bonchev–Trinajstić information content (AvgIpc) is 2.84. The zero-order chi connectivity index (χ0) is 14.1. The number of aromatic nitrogens is 1. The number of anilines is 1. The van der Waals surface area contributed by atoms with E-state index in [0.29, 0.717) is 5.56 Å². The van der Waals surface area contributed by atoms with E-state index in [-0.39, 0.29) is 5.69 Å². The summed E-state index contributed by atoms with van der Waals surface area (Å²) in [6.07, 6.45) is 1.77. The second-order valence-electron chi connectivity index (χ2n) is 4.39. The Balaban J connectivity index is 1.88. The normalized spacial score (nSPS) is 10.7. The zero-order valence-corrected chi connectivity index (χ0v) is 10.3.